The van der Waals surface area contributed by atoms with Crippen LogP contribution in [0.2, 0.25) is 10.0 Å². The van der Waals surface area contributed by atoms with E-state index in [2.05, 4.69) is 15.6 Å². The second kappa shape index (κ2) is 7.20. The SMILES string of the molecule is O=C(NCCc1ccc(Cl)cc1Cl)c1ccnc(NC2CC2)c1. The van der Waals surface area contributed by atoms with Crippen molar-refractivity contribution in [3.05, 3.63) is 57.7 Å². The second-order valence-electron chi connectivity index (χ2n) is 5.59. The van der Waals surface area contributed by atoms with Crippen molar-refractivity contribution < 1.29 is 4.79 Å². The summed E-state index contributed by atoms with van der Waals surface area (Å²) >= 11 is 12.0. The largest absolute Gasteiger partial charge is 0.367 e. The van der Waals surface area contributed by atoms with Gasteiger partial charge in [-0.25, -0.2) is 4.98 Å². The highest BCUT2D eigenvalue weighted by atomic mass is 35.5. The lowest BCUT2D eigenvalue weighted by molar-refractivity contribution is 0.0954. The summed E-state index contributed by atoms with van der Waals surface area (Å²) in [6.45, 7) is 0.508. The summed E-state index contributed by atoms with van der Waals surface area (Å²) in [4.78, 5) is 16.4. The molecule has 0 radical (unpaired) electrons. The van der Waals surface area contributed by atoms with Crippen LogP contribution in [0.5, 0.6) is 0 Å². The Bertz CT molecular complexity index is 717. The van der Waals surface area contributed by atoms with E-state index in [4.69, 9.17) is 23.2 Å². The first-order valence-electron chi connectivity index (χ1n) is 7.56. The first-order chi connectivity index (χ1) is 11.1. The summed E-state index contributed by atoms with van der Waals surface area (Å²) in [6, 6.07) is 9.38. The Morgan fingerprint density at radius 1 is 1.22 bits per heavy atom. The van der Waals surface area contributed by atoms with E-state index in [1.54, 1.807) is 30.5 Å². The van der Waals surface area contributed by atoms with Gasteiger partial charge in [0.15, 0.2) is 0 Å². The zero-order valence-electron chi connectivity index (χ0n) is 12.5. The fourth-order valence-electron chi connectivity index (χ4n) is 2.22. The number of benzene rings is 1. The highest BCUT2D eigenvalue weighted by Crippen LogP contribution is 2.24. The Kier molecular flexibility index (Phi) is 5.03. The van der Waals surface area contributed by atoms with Crippen molar-refractivity contribution in [3.8, 4) is 0 Å². The maximum absolute atomic E-state index is 12.2. The van der Waals surface area contributed by atoms with Gasteiger partial charge in [0.25, 0.3) is 5.91 Å². The Morgan fingerprint density at radius 3 is 2.78 bits per heavy atom. The molecule has 0 bridgehead atoms. The summed E-state index contributed by atoms with van der Waals surface area (Å²) in [5, 5.41) is 7.41. The molecule has 0 saturated heterocycles. The molecule has 1 aromatic carbocycles. The molecule has 2 aromatic rings. The number of aromatic nitrogens is 1. The molecule has 0 atom stereocenters. The van der Waals surface area contributed by atoms with E-state index in [1.165, 1.54) is 12.8 Å². The van der Waals surface area contributed by atoms with Gasteiger partial charge in [0.05, 0.1) is 0 Å². The van der Waals surface area contributed by atoms with Crippen LogP contribution in [-0.4, -0.2) is 23.5 Å². The zero-order chi connectivity index (χ0) is 16.2. The molecule has 1 heterocycles. The topological polar surface area (TPSA) is 54.0 Å². The predicted octanol–water partition coefficient (Wildman–Crippen LogP) is 3.94. The molecule has 0 spiro atoms. The van der Waals surface area contributed by atoms with Crippen LogP contribution in [0.1, 0.15) is 28.8 Å². The number of nitrogens with one attached hydrogen (secondary N) is 2. The van der Waals surface area contributed by atoms with E-state index in [0.29, 0.717) is 34.6 Å². The van der Waals surface area contributed by atoms with Crippen LogP contribution in [0.3, 0.4) is 0 Å². The summed E-state index contributed by atoms with van der Waals surface area (Å²) in [7, 11) is 0. The molecular formula is C17H17Cl2N3O. The normalized spacial score (nSPS) is 13.7. The molecule has 1 amide bonds. The molecule has 4 nitrogen and oxygen atoms in total. The third kappa shape index (κ3) is 4.60. The quantitative estimate of drug-likeness (QED) is 0.830. The van der Waals surface area contributed by atoms with Crippen LogP contribution in [0.4, 0.5) is 5.82 Å². The van der Waals surface area contributed by atoms with Gasteiger partial charge in [-0.2, -0.15) is 0 Å². The molecule has 2 N–H and O–H groups in total. The first-order valence-corrected chi connectivity index (χ1v) is 8.32. The molecule has 1 fully saturated rings. The van der Waals surface area contributed by atoms with E-state index in [1.807, 2.05) is 6.07 Å². The van der Waals surface area contributed by atoms with Crippen LogP contribution < -0.4 is 10.6 Å². The molecule has 1 saturated carbocycles. The molecule has 1 aromatic heterocycles. The summed E-state index contributed by atoms with van der Waals surface area (Å²) in [6.07, 6.45) is 4.63. The van der Waals surface area contributed by atoms with Gasteiger partial charge in [0.1, 0.15) is 5.82 Å². The van der Waals surface area contributed by atoms with Gasteiger partial charge < -0.3 is 10.6 Å². The van der Waals surface area contributed by atoms with Gasteiger partial charge in [0, 0.05) is 34.4 Å². The van der Waals surface area contributed by atoms with E-state index in [0.717, 1.165) is 11.4 Å². The number of hydrogen-bond donors (Lipinski definition) is 2. The standard InChI is InChI=1S/C17H17Cl2N3O/c18-13-2-1-11(15(19)10-13)5-8-21-17(23)12-6-7-20-16(9-12)22-14-3-4-14/h1-2,6-7,9-10,14H,3-5,8H2,(H,20,22)(H,21,23). The summed E-state index contributed by atoms with van der Waals surface area (Å²) in [5.41, 5.74) is 1.56. The summed E-state index contributed by atoms with van der Waals surface area (Å²) in [5.74, 6) is 0.636. The predicted molar refractivity (Wildman–Crippen MR) is 93.4 cm³/mol. The number of carbonyl (C=O) groups is 1. The van der Waals surface area contributed by atoms with Crippen LogP contribution >= 0.6 is 23.2 Å². The van der Waals surface area contributed by atoms with Gasteiger partial charge in [0.2, 0.25) is 0 Å². The van der Waals surface area contributed by atoms with Crippen LogP contribution in [0, 0.1) is 0 Å². The fourth-order valence-corrected chi connectivity index (χ4v) is 2.73. The zero-order valence-corrected chi connectivity index (χ0v) is 14.0. The van der Waals surface area contributed by atoms with Gasteiger partial charge in [-0.05, 0) is 49.1 Å². The number of anilines is 1. The third-order valence-corrected chi connectivity index (χ3v) is 4.23. The minimum absolute atomic E-state index is 0.115. The second-order valence-corrected chi connectivity index (χ2v) is 6.43. The smallest absolute Gasteiger partial charge is 0.251 e. The maximum atomic E-state index is 12.2. The van der Waals surface area contributed by atoms with Gasteiger partial charge in [-0.3, -0.25) is 4.79 Å². The molecule has 0 aliphatic heterocycles. The number of pyridine rings is 1. The lowest BCUT2D eigenvalue weighted by Crippen LogP contribution is -2.26. The molecule has 23 heavy (non-hydrogen) atoms. The average Bonchev–Trinajstić information content (AvgIpc) is 3.33. The van der Waals surface area contributed by atoms with Crippen molar-refractivity contribution in [2.45, 2.75) is 25.3 Å². The number of carbonyl (C=O) groups excluding carboxylic acids is 1. The van der Waals surface area contributed by atoms with Crippen molar-refractivity contribution in [2.24, 2.45) is 0 Å². The van der Waals surface area contributed by atoms with E-state index in [-0.39, 0.29) is 5.91 Å². The monoisotopic (exact) mass is 349 g/mol. The van der Waals surface area contributed by atoms with Gasteiger partial charge in [-0.15, -0.1) is 0 Å². The van der Waals surface area contributed by atoms with Gasteiger partial charge in [-0.1, -0.05) is 29.3 Å². The Balaban J connectivity index is 1.54. The van der Waals surface area contributed by atoms with Crippen molar-refractivity contribution in [1.82, 2.24) is 10.3 Å². The first kappa shape index (κ1) is 16.1. The van der Waals surface area contributed by atoms with Crippen molar-refractivity contribution >= 4 is 34.9 Å². The van der Waals surface area contributed by atoms with Gasteiger partial charge >= 0.3 is 0 Å². The number of hydrogen-bond acceptors (Lipinski definition) is 3. The van der Waals surface area contributed by atoms with E-state index >= 15 is 0 Å². The lowest BCUT2D eigenvalue weighted by Gasteiger charge is -2.08. The minimum Gasteiger partial charge on any atom is -0.367 e. The number of halogens is 2. The van der Waals surface area contributed by atoms with Crippen molar-refractivity contribution in [1.29, 1.82) is 0 Å². The highest BCUT2D eigenvalue weighted by Gasteiger charge is 2.21. The molecule has 1 aliphatic rings. The Morgan fingerprint density at radius 2 is 2.04 bits per heavy atom. The van der Waals surface area contributed by atoms with Crippen LogP contribution in [-0.2, 0) is 6.42 Å². The minimum atomic E-state index is -0.115. The number of nitrogens with zero attached hydrogens (tertiary/aromatic N) is 1. The van der Waals surface area contributed by atoms with Crippen LogP contribution in [0.15, 0.2) is 36.5 Å². The average molecular weight is 350 g/mol. The molecule has 3 rings (SSSR count). The Hall–Kier alpha value is -1.78. The third-order valence-electron chi connectivity index (χ3n) is 3.65. The summed E-state index contributed by atoms with van der Waals surface area (Å²) < 4.78 is 0. The maximum Gasteiger partial charge on any atom is 0.251 e. The number of rotatable bonds is 6. The Labute approximate surface area is 145 Å². The molecule has 0 unspecified atom stereocenters. The number of amides is 1. The van der Waals surface area contributed by atoms with Crippen molar-refractivity contribution in [2.75, 3.05) is 11.9 Å². The molecular weight excluding hydrogens is 333 g/mol. The van der Waals surface area contributed by atoms with E-state index in [9.17, 15) is 4.79 Å². The molecule has 1 aliphatic carbocycles. The molecule has 6 heteroatoms. The van der Waals surface area contributed by atoms with E-state index < -0.39 is 0 Å². The lowest BCUT2D eigenvalue weighted by atomic mass is 10.1. The van der Waals surface area contributed by atoms with Crippen molar-refractivity contribution in [3.63, 3.8) is 0 Å². The highest BCUT2D eigenvalue weighted by molar-refractivity contribution is 6.35. The molecule has 120 valence electrons. The fraction of sp³-hybridized carbons (Fsp3) is 0.294. The van der Waals surface area contributed by atoms with Crippen LogP contribution in [0.25, 0.3) is 0 Å².